The molecular formula is C16H14FNO3S. The maximum Gasteiger partial charge on any atom is 0.317 e. The van der Waals surface area contributed by atoms with Gasteiger partial charge in [-0.1, -0.05) is 30.3 Å². The molecule has 1 atom stereocenters. The second-order valence-corrected chi connectivity index (χ2v) is 5.47. The first-order chi connectivity index (χ1) is 10.6. The van der Waals surface area contributed by atoms with E-state index in [1.165, 1.54) is 23.9 Å². The molecule has 0 spiro atoms. The van der Waals surface area contributed by atoms with Crippen LogP contribution in [0.25, 0.3) is 0 Å². The zero-order valence-corrected chi connectivity index (χ0v) is 12.4. The number of hydrogen-bond acceptors (Lipinski definition) is 4. The molecule has 0 aliphatic carbocycles. The third-order valence-electron chi connectivity index (χ3n) is 2.78. The number of esters is 1. The molecular weight excluding hydrogens is 305 g/mol. The van der Waals surface area contributed by atoms with Gasteiger partial charge in [-0.05, 0) is 24.3 Å². The number of primary amides is 1. The highest BCUT2D eigenvalue weighted by Gasteiger charge is 2.22. The Bertz CT molecular complexity index is 646. The molecule has 0 aliphatic rings. The molecule has 0 radical (unpaired) electrons. The number of benzene rings is 2. The van der Waals surface area contributed by atoms with Gasteiger partial charge in [0.2, 0.25) is 6.10 Å². The van der Waals surface area contributed by atoms with E-state index in [0.717, 1.165) is 4.90 Å². The number of carbonyl (C=O) groups excluding carboxylic acids is 2. The van der Waals surface area contributed by atoms with E-state index in [2.05, 4.69) is 0 Å². The Labute approximate surface area is 131 Å². The van der Waals surface area contributed by atoms with E-state index in [0.29, 0.717) is 5.56 Å². The molecule has 2 aromatic rings. The van der Waals surface area contributed by atoms with Crippen molar-refractivity contribution >= 4 is 23.6 Å². The summed E-state index contributed by atoms with van der Waals surface area (Å²) in [5.74, 6) is -1.64. The Morgan fingerprint density at radius 2 is 1.73 bits per heavy atom. The number of hydrogen-bond donors (Lipinski definition) is 1. The SMILES string of the molecule is NC(=O)[C@H](OC(=O)CSc1ccc(F)cc1)c1ccccc1. The van der Waals surface area contributed by atoms with E-state index >= 15 is 0 Å². The molecule has 2 rings (SSSR count). The van der Waals surface area contributed by atoms with Gasteiger partial charge in [-0.2, -0.15) is 0 Å². The van der Waals surface area contributed by atoms with Gasteiger partial charge in [0.1, 0.15) is 5.82 Å². The average Bonchev–Trinajstić information content (AvgIpc) is 2.52. The van der Waals surface area contributed by atoms with E-state index in [4.69, 9.17) is 10.5 Å². The van der Waals surface area contributed by atoms with Crippen LogP contribution in [0.15, 0.2) is 59.5 Å². The average molecular weight is 319 g/mol. The van der Waals surface area contributed by atoms with Crippen molar-refractivity contribution in [2.75, 3.05) is 5.75 Å². The van der Waals surface area contributed by atoms with Crippen LogP contribution >= 0.6 is 11.8 Å². The van der Waals surface area contributed by atoms with Crippen molar-refractivity contribution in [1.29, 1.82) is 0 Å². The smallest absolute Gasteiger partial charge is 0.317 e. The first kappa shape index (κ1) is 16.0. The normalized spacial score (nSPS) is 11.7. The fourth-order valence-electron chi connectivity index (χ4n) is 1.76. The number of rotatable bonds is 6. The summed E-state index contributed by atoms with van der Waals surface area (Å²) in [6.07, 6.45) is -1.11. The molecule has 0 bridgehead atoms. The monoisotopic (exact) mass is 319 g/mol. The van der Waals surface area contributed by atoms with Crippen LogP contribution in [0.4, 0.5) is 4.39 Å². The predicted molar refractivity (Wildman–Crippen MR) is 81.6 cm³/mol. The van der Waals surface area contributed by atoms with Gasteiger partial charge in [-0.3, -0.25) is 9.59 Å². The molecule has 1 amide bonds. The van der Waals surface area contributed by atoms with Gasteiger partial charge in [0.15, 0.2) is 0 Å². The lowest BCUT2D eigenvalue weighted by Crippen LogP contribution is -2.26. The van der Waals surface area contributed by atoms with Gasteiger partial charge in [0, 0.05) is 10.5 Å². The number of ether oxygens (including phenoxy) is 1. The van der Waals surface area contributed by atoms with Crippen LogP contribution in [0.5, 0.6) is 0 Å². The molecule has 0 aromatic heterocycles. The third-order valence-corrected chi connectivity index (χ3v) is 3.77. The molecule has 2 N–H and O–H groups in total. The first-order valence-corrected chi connectivity index (χ1v) is 7.47. The van der Waals surface area contributed by atoms with Gasteiger partial charge in [-0.15, -0.1) is 11.8 Å². The van der Waals surface area contributed by atoms with Crippen molar-refractivity contribution < 1.29 is 18.7 Å². The first-order valence-electron chi connectivity index (χ1n) is 6.48. The second-order valence-electron chi connectivity index (χ2n) is 4.43. The van der Waals surface area contributed by atoms with E-state index in [-0.39, 0.29) is 11.6 Å². The Balaban J connectivity index is 1.94. The number of carbonyl (C=O) groups is 2. The van der Waals surface area contributed by atoms with Crippen LogP contribution in [-0.4, -0.2) is 17.6 Å². The molecule has 6 heteroatoms. The summed E-state index contributed by atoms with van der Waals surface area (Å²) in [6.45, 7) is 0. The van der Waals surface area contributed by atoms with Crippen LogP contribution in [0.1, 0.15) is 11.7 Å². The van der Waals surface area contributed by atoms with Gasteiger partial charge < -0.3 is 10.5 Å². The van der Waals surface area contributed by atoms with Crippen molar-refractivity contribution in [3.63, 3.8) is 0 Å². The lowest BCUT2D eigenvalue weighted by atomic mass is 10.1. The maximum absolute atomic E-state index is 12.8. The van der Waals surface area contributed by atoms with E-state index in [9.17, 15) is 14.0 Å². The minimum absolute atomic E-state index is 0.00223. The van der Waals surface area contributed by atoms with Crippen LogP contribution in [0.3, 0.4) is 0 Å². The summed E-state index contributed by atoms with van der Waals surface area (Å²) >= 11 is 1.19. The minimum Gasteiger partial charge on any atom is -0.447 e. The summed E-state index contributed by atoms with van der Waals surface area (Å²) in [6, 6.07) is 14.3. The highest BCUT2D eigenvalue weighted by Crippen LogP contribution is 2.21. The van der Waals surface area contributed by atoms with E-state index < -0.39 is 18.0 Å². The van der Waals surface area contributed by atoms with Gasteiger partial charge in [0.25, 0.3) is 5.91 Å². The summed E-state index contributed by atoms with van der Waals surface area (Å²) < 4.78 is 17.9. The van der Waals surface area contributed by atoms with Crippen molar-refractivity contribution in [3.05, 3.63) is 66.0 Å². The molecule has 0 aliphatic heterocycles. The number of nitrogens with two attached hydrogens (primary N) is 1. The molecule has 2 aromatic carbocycles. The lowest BCUT2D eigenvalue weighted by Gasteiger charge is -2.14. The minimum atomic E-state index is -1.11. The molecule has 0 saturated carbocycles. The maximum atomic E-state index is 12.8. The highest BCUT2D eigenvalue weighted by molar-refractivity contribution is 8.00. The Morgan fingerprint density at radius 1 is 1.09 bits per heavy atom. The van der Waals surface area contributed by atoms with Crippen LogP contribution < -0.4 is 5.73 Å². The zero-order valence-electron chi connectivity index (χ0n) is 11.6. The molecule has 0 unspecified atom stereocenters. The molecule has 0 fully saturated rings. The molecule has 0 saturated heterocycles. The molecule has 114 valence electrons. The number of amides is 1. The van der Waals surface area contributed by atoms with Crippen LogP contribution in [0, 0.1) is 5.82 Å². The number of thioether (sulfide) groups is 1. The summed E-state index contributed by atoms with van der Waals surface area (Å²) in [4.78, 5) is 24.0. The second kappa shape index (κ2) is 7.61. The van der Waals surface area contributed by atoms with Gasteiger partial charge >= 0.3 is 5.97 Å². The standard InChI is InChI=1S/C16H14FNO3S/c17-12-6-8-13(9-7-12)22-10-14(19)21-15(16(18)20)11-4-2-1-3-5-11/h1-9,15H,10H2,(H2,18,20)/t15-/m1/s1. The number of halogens is 1. The highest BCUT2D eigenvalue weighted by atomic mass is 32.2. The third kappa shape index (κ3) is 4.60. The van der Waals surface area contributed by atoms with Crippen LogP contribution in [-0.2, 0) is 14.3 Å². The van der Waals surface area contributed by atoms with Gasteiger partial charge in [0.05, 0.1) is 5.75 Å². The Kier molecular flexibility index (Phi) is 5.55. The quantitative estimate of drug-likeness (QED) is 0.656. The van der Waals surface area contributed by atoms with Crippen molar-refractivity contribution in [3.8, 4) is 0 Å². The zero-order chi connectivity index (χ0) is 15.9. The van der Waals surface area contributed by atoms with E-state index in [1.807, 2.05) is 0 Å². The van der Waals surface area contributed by atoms with Crippen LogP contribution in [0.2, 0.25) is 0 Å². The molecule has 0 heterocycles. The summed E-state index contributed by atoms with van der Waals surface area (Å²) in [5, 5.41) is 0. The van der Waals surface area contributed by atoms with Crippen molar-refractivity contribution in [2.45, 2.75) is 11.0 Å². The topological polar surface area (TPSA) is 69.4 Å². The summed E-state index contributed by atoms with van der Waals surface area (Å²) in [5.41, 5.74) is 5.80. The molecule has 22 heavy (non-hydrogen) atoms. The van der Waals surface area contributed by atoms with Gasteiger partial charge in [-0.25, -0.2) is 4.39 Å². The van der Waals surface area contributed by atoms with Crippen molar-refractivity contribution in [2.24, 2.45) is 5.73 Å². The Morgan fingerprint density at radius 3 is 2.32 bits per heavy atom. The molecule has 4 nitrogen and oxygen atoms in total. The predicted octanol–water partition coefficient (Wildman–Crippen LogP) is 2.69. The largest absolute Gasteiger partial charge is 0.447 e. The lowest BCUT2D eigenvalue weighted by molar-refractivity contribution is -0.152. The fraction of sp³-hybridized carbons (Fsp3) is 0.125. The van der Waals surface area contributed by atoms with Crippen molar-refractivity contribution in [1.82, 2.24) is 0 Å². The fourth-order valence-corrected chi connectivity index (χ4v) is 2.44. The summed E-state index contributed by atoms with van der Waals surface area (Å²) in [7, 11) is 0. The Hall–Kier alpha value is -2.34. The van der Waals surface area contributed by atoms with E-state index in [1.54, 1.807) is 42.5 Å².